The molecule has 2 rings (SSSR count). The highest BCUT2D eigenvalue weighted by Crippen LogP contribution is 2.36. The Morgan fingerprint density at radius 1 is 1.33 bits per heavy atom. The molecule has 3 N–H and O–H groups in total. The van der Waals surface area contributed by atoms with Gasteiger partial charge >= 0.3 is 0 Å². The highest BCUT2D eigenvalue weighted by molar-refractivity contribution is 7.10. The van der Waals surface area contributed by atoms with Crippen LogP contribution in [0.3, 0.4) is 0 Å². The summed E-state index contributed by atoms with van der Waals surface area (Å²) in [6.07, 6.45) is 0. The van der Waals surface area contributed by atoms with Gasteiger partial charge in [-0.25, -0.2) is 9.82 Å². The van der Waals surface area contributed by atoms with Crippen LogP contribution >= 0.6 is 22.9 Å². The van der Waals surface area contributed by atoms with Gasteiger partial charge in [0.1, 0.15) is 5.82 Å². The third-order valence-corrected chi connectivity index (χ3v) is 4.69. The van der Waals surface area contributed by atoms with Crippen molar-refractivity contribution in [3.8, 4) is 0 Å². The molecule has 2 aromatic rings. The van der Waals surface area contributed by atoms with E-state index < -0.39 is 0 Å². The average Bonchev–Trinajstić information content (AvgIpc) is 2.67. The Bertz CT molecular complexity index is 568. The monoisotopic (exact) mass is 284 g/mol. The lowest BCUT2D eigenvalue weighted by Crippen LogP contribution is -2.29. The third kappa shape index (κ3) is 2.42. The van der Waals surface area contributed by atoms with Gasteiger partial charge in [-0.1, -0.05) is 17.7 Å². The number of benzene rings is 1. The molecule has 1 aromatic heterocycles. The second-order valence-electron chi connectivity index (χ2n) is 4.20. The fourth-order valence-corrected chi connectivity index (χ4v) is 3.25. The maximum atomic E-state index is 13.4. The first-order chi connectivity index (χ1) is 8.54. The largest absolute Gasteiger partial charge is 0.271 e. The maximum Gasteiger partial charge on any atom is 0.123 e. The van der Waals surface area contributed by atoms with Gasteiger partial charge in [-0.15, -0.1) is 11.3 Å². The van der Waals surface area contributed by atoms with E-state index in [1.807, 2.05) is 19.2 Å². The van der Waals surface area contributed by atoms with E-state index in [-0.39, 0.29) is 11.9 Å². The SMILES string of the molecule is Cc1ccc(F)cc1C(NN)c1scc(C)c1Cl. The molecule has 0 aliphatic carbocycles. The fraction of sp³-hybridized carbons (Fsp3) is 0.231. The summed E-state index contributed by atoms with van der Waals surface area (Å²) in [5.74, 6) is 5.33. The molecule has 2 nitrogen and oxygen atoms in total. The van der Waals surface area contributed by atoms with Crippen molar-refractivity contribution in [2.24, 2.45) is 5.84 Å². The highest BCUT2D eigenvalue weighted by Gasteiger charge is 2.20. The quantitative estimate of drug-likeness (QED) is 0.666. The molecule has 0 spiro atoms. The Hall–Kier alpha value is -0.940. The van der Waals surface area contributed by atoms with Gasteiger partial charge in [0.15, 0.2) is 0 Å². The lowest BCUT2D eigenvalue weighted by atomic mass is 10.00. The second-order valence-corrected chi connectivity index (χ2v) is 5.49. The fourth-order valence-electron chi connectivity index (χ4n) is 1.87. The van der Waals surface area contributed by atoms with Crippen LogP contribution in [0.2, 0.25) is 5.02 Å². The van der Waals surface area contributed by atoms with Crippen LogP contribution in [0, 0.1) is 19.7 Å². The topological polar surface area (TPSA) is 38.0 Å². The molecule has 0 aliphatic rings. The highest BCUT2D eigenvalue weighted by atomic mass is 35.5. The number of rotatable bonds is 3. The molecule has 1 atom stereocenters. The summed E-state index contributed by atoms with van der Waals surface area (Å²) in [7, 11) is 0. The molecule has 0 saturated carbocycles. The molecule has 0 aliphatic heterocycles. The third-order valence-electron chi connectivity index (χ3n) is 2.91. The number of nitrogens with one attached hydrogen (secondary N) is 1. The van der Waals surface area contributed by atoms with Crippen LogP contribution in [-0.4, -0.2) is 0 Å². The van der Waals surface area contributed by atoms with E-state index in [9.17, 15) is 4.39 Å². The minimum Gasteiger partial charge on any atom is -0.271 e. The van der Waals surface area contributed by atoms with Crippen LogP contribution in [0.4, 0.5) is 4.39 Å². The van der Waals surface area contributed by atoms with E-state index >= 15 is 0 Å². The molecule has 96 valence electrons. The lowest BCUT2D eigenvalue weighted by molar-refractivity contribution is 0.606. The van der Waals surface area contributed by atoms with Crippen LogP contribution < -0.4 is 11.3 Å². The van der Waals surface area contributed by atoms with Crippen LogP contribution in [-0.2, 0) is 0 Å². The molecule has 0 radical (unpaired) electrons. The molecule has 0 bridgehead atoms. The minimum absolute atomic E-state index is 0.278. The number of aryl methyl sites for hydroxylation is 2. The summed E-state index contributed by atoms with van der Waals surface area (Å²) in [5, 5.41) is 2.66. The smallest absolute Gasteiger partial charge is 0.123 e. The van der Waals surface area contributed by atoms with E-state index in [2.05, 4.69) is 5.43 Å². The van der Waals surface area contributed by atoms with Gasteiger partial charge in [0.2, 0.25) is 0 Å². The summed E-state index contributed by atoms with van der Waals surface area (Å²) in [4.78, 5) is 0.908. The van der Waals surface area contributed by atoms with Crippen molar-refractivity contribution in [2.45, 2.75) is 19.9 Å². The molecule has 0 fully saturated rings. The Balaban J connectivity index is 2.51. The normalized spacial score (nSPS) is 12.7. The van der Waals surface area contributed by atoms with E-state index in [0.717, 1.165) is 21.6 Å². The van der Waals surface area contributed by atoms with Crippen molar-refractivity contribution >= 4 is 22.9 Å². The summed E-state index contributed by atoms with van der Waals surface area (Å²) < 4.78 is 13.4. The second kappa shape index (κ2) is 5.36. The molecule has 18 heavy (non-hydrogen) atoms. The summed E-state index contributed by atoms with van der Waals surface area (Å²) in [6, 6.07) is 4.38. The van der Waals surface area contributed by atoms with Crippen LogP contribution in [0.15, 0.2) is 23.6 Å². The Morgan fingerprint density at radius 2 is 2.06 bits per heavy atom. The van der Waals surface area contributed by atoms with E-state index in [4.69, 9.17) is 17.4 Å². The number of halogens is 2. The molecular weight excluding hydrogens is 271 g/mol. The predicted octanol–water partition coefficient (Wildman–Crippen LogP) is 3.71. The number of hydrazine groups is 1. The van der Waals surface area contributed by atoms with Crippen LogP contribution in [0.25, 0.3) is 0 Å². The summed E-state index contributed by atoms with van der Waals surface area (Å²) in [5.41, 5.74) is 5.50. The van der Waals surface area contributed by atoms with Crippen molar-refractivity contribution in [1.29, 1.82) is 0 Å². The van der Waals surface area contributed by atoms with Crippen molar-refractivity contribution in [3.63, 3.8) is 0 Å². The van der Waals surface area contributed by atoms with Crippen LogP contribution in [0.5, 0.6) is 0 Å². The standard InChI is InChI=1S/C13H14ClFN2S/c1-7-3-4-9(15)5-10(7)12(17-16)13-11(14)8(2)6-18-13/h3-6,12,17H,16H2,1-2H3. The number of nitrogens with two attached hydrogens (primary N) is 1. The molecular formula is C13H14ClFN2S. The van der Waals surface area contributed by atoms with Gasteiger partial charge < -0.3 is 0 Å². The summed E-state index contributed by atoms with van der Waals surface area (Å²) >= 11 is 7.77. The zero-order chi connectivity index (χ0) is 13.3. The molecule has 1 unspecified atom stereocenters. The van der Waals surface area contributed by atoms with Gasteiger partial charge in [0, 0.05) is 4.88 Å². The zero-order valence-corrected chi connectivity index (χ0v) is 11.7. The first-order valence-corrected chi connectivity index (χ1v) is 6.76. The maximum absolute atomic E-state index is 13.4. The number of thiophene rings is 1. The van der Waals surface area contributed by atoms with Gasteiger partial charge in [-0.05, 0) is 48.1 Å². The predicted molar refractivity (Wildman–Crippen MR) is 74.4 cm³/mol. The van der Waals surface area contributed by atoms with Crippen LogP contribution in [0.1, 0.15) is 27.6 Å². The van der Waals surface area contributed by atoms with E-state index in [1.165, 1.54) is 23.5 Å². The van der Waals surface area contributed by atoms with Crippen molar-refractivity contribution in [3.05, 3.63) is 56.0 Å². The first kappa shape index (κ1) is 13.5. The van der Waals surface area contributed by atoms with Crippen molar-refractivity contribution in [1.82, 2.24) is 5.43 Å². The Kier molecular flexibility index (Phi) is 4.02. The van der Waals surface area contributed by atoms with Gasteiger partial charge in [-0.3, -0.25) is 5.84 Å². The summed E-state index contributed by atoms with van der Waals surface area (Å²) in [6.45, 7) is 3.86. The molecule has 0 saturated heterocycles. The van der Waals surface area contributed by atoms with E-state index in [1.54, 1.807) is 6.07 Å². The van der Waals surface area contributed by atoms with Crippen molar-refractivity contribution in [2.75, 3.05) is 0 Å². The molecule has 0 amide bonds. The molecule has 1 heterocycles. The molecule has 1 aromatic carbocycles. The van der Waals surface area contributed by atoms with Gasteiger partial charge in [0.05, 0.1) is 11.1 Å². The Labute approximate surface area is 115 Å². The first-order valence-electron chi connectivity index (χ1n) is 5.50. The van der Waals surface area contributed by atoms with Gasteiger partial charge in [0.25, 0.3) is 0 Å². The minimum atomic E-state index is -0.285. The van der Waals surface area contributed by atoms with E-state index in [0.29, 0.717) is 5.02 Å². The van der Waals surface area contributed by atoms with Crippen molar-refractivity contribution < 1.29 is 4.39 Å². The van der Waals surface area contributed by atoms with Gasteiger partial charge in [-0.2, -0.15) is 0 Å². The zero-order valence-electron chi connectivity index (χ0n) is 10.1. The molecule has 5 heteroatoms. The Morgan fingerprint density at radius 3 is 2.61 bits per heavy atom. The average molecular weight is 285 g/mol. The number of hydrogen-bond acceptors (Lipinski definition) is 3. The number of hydrogen-bond donors (Lipinski definition) is 2. The lowest BCUT2D eigenvalue weighted by Gasteiger charge is -2.18.